The molecule has 0 saturated carbocycles. The normalized spacial score (nSPS) is 11.9. The SMILES string of the molecule is CCNC(=O)CCNC(C)C(=O)NC. The first kappa shape index (κ1) is 12.9. The van der Waals surface area contributed by atoms with Gasteiger partial charge in [0.2, 0.25) is 11.8 Å². The lowest BCUT2D eigenvalue weighted by atomic mass is 10.3. The van der Waals surface area contributed by atoms with E-state index in [2.05, 4.69) is 16.0 Å². The number of nitrogens with one attached hydrogen (secondary N) is 3. The molecule has 3 N–H and O–H groups in total. The van der Waals surface area contributed by atoms with Crippen molar-refractivity contribution in [2.75, 3.05) is 20.1 Å². The van der Waals surface area contributed by atoms with Crippen LogP contribution in [0.1, 0.15) is 20.3 Å². The molecule has 0 bridgehead atoms. The summed E-state index contributed by atoms with van der Waals surface area (Å²) in [4.78, 5) is 22.1. The molecule has 0 aliphatic heterocycles. The van der Waals surface area contributed by atoms with Gasteiger partial charge in [0, 0.05) is 26.6 Å². The van der Waals surface area contributed by atoms with Crippen molar-refractivity contribution < 1.29 is 9.59 Å². The minimum atomic E-state index is -0.255. The van der Waals surface area contributed by atoms with E-state index < -0.39 is 0 Å². The van der Waals surface area contributed by atoms with Crippen molar-refractivity contribution in [1.29, 1.82) is 0 Å². The molecule has 0 aromatic rings. The van der Waals surface area contributed by atoms with Gasteiger partial charge in [-0.15, -0.1) is 0 Å². The average molecular weight is 201 g/mol. The van der Waals surface area contributed by atoms with Crippen LogP contribution < -0.4 is 16.0 Å². The van der Waals surface area contributed by atoms with Crippen LogP contribution in [0.15, 0.2) is 0 Å². The largest absolute Gasteiger partial charge is 0.358 e. The second-order valence-electron chi connectivity index (χ2n) is 2.99. The lowest BCUT2D eigenvalue weighted by Gasteiger charge is -2.11. The van der Waals surface area contributed by atoms with Gasteiger partial charge in [-0.25, -0.2) is 0 Å². The van der Waals surface area contributed by atoms with Gasteiger partial charge in [0.05, 0.1) is 6.04 Å². The zero-order chi connectivity index (χ0) is 11.0. The third kappa shape index (κ3) is 5.53. The van der Waals surface area contributed by atoms with Gasteiger partial charge in [0.1, 0.15) is 0 Å². The maximum atomic E-state index is 11.0. The molecule has 0 fully saturated rings. The van der Waals surface area contributed by atoms with E-state index in [4.69, 9.17) is 0 Å². The van der Waals surface area contributed by atoms with Crippen molar-refractivity contribution in [1.82, 2.24) is 16.0 Å². The van der Waals surface area contributed by atoms with E-state index in [-0.39, 0.29) is 17.9 Å². The summed E-state index contributed by atoms with van der Waals surface area (Å²) in [6.07, 6.45) is 0.398. The first-order chi connectivity index (χ1) is 6.61. The molecular weight excluding hydrogens is 182 g/mol. The van der Waals surface area contributed by atoms with Crippen LogP contribution in [0.5, 0.6) is 0 Å². The fraction of sp³-hybridized carbons (Fsp3) is 0.778. The van der Waals surface area contributed by atoms with Gasteiger partial charge in [-0.1, -0.05) is 0 Å². The van der Waals surface area contributed by atoms with Crippen LogP contribution in [0, 0.1) is 0 Å². The molecule has 0 radical (unpaired) electrons. The van der Waals surface area contributed by atoms with Crippen molar-refractivity contribution in [2.45, 2.75) is 26.3 Å². The summed E-state index contributed by atoms with van der Waals surface area (Å²) in [5.41, 5.74) is 0. The Morgan fingerprint density at radius 3 is 2.50 bits per heavy atom. The highest BCUT2D eigenvalue weighted by atomic mass is 16.2. The predicted octanol–water partition coefficient (Wildman–Crippen LogP) is -0.763. The molecule has 0 heterocycles. The van der Waals surface area contributed by atoms with Gasteiger partial charge in [-0.3, -0.25) is 9.59 Å². The van der Waals surface area contributed by atoms with Crippen LogP contribution in [0.3, 0.4) is 0 Å². The van der Waals surface area contributed by atoms with Gasteiger partial charge in [-0.2, -0.15) is 0 Å². The summed E-state index contributed by atoms with van der Waals surface area (Å²) >= 11 is 0. The first-order valence-electron chi connectivity index (χ1n) is 4.83. The van der Waals surface area contributed by atoms with Gasteiger partial charge in [0.15, 0.2) is 0 Å². The molecule has 82 valence electrons. The smallest absolute Gasteiger partial charge is 0.236 e. The van der Waals surface area contributed by atoms with Gasteiger partial charge in [-0.05, 0) is 13.8 Å². The van der Waals surface area contributed by atoms with Crippen LogP contribution in [0.2, 0.25) is 0 Å². The summed E-state index contributed by atoms with van der Waals surface area (Å²) < 4.78 is 0. The highest BCUT2D eigenvalue weighted by Crippen LogP contribution is 1.83. The van der Waals surface area contributed by atoms with E-state index in [0.717, 1.165) is 0 Å². The zero-order valence-corrected chi connectivity index (χ0v) is 9.02. The van der Waals surface area contributed by atoms with Crippen LogP contribution in [-0.4, -0.2) is 38.0 Å². The highest BCUT2D eigenvalue weighted by Gasteiger charge is 2.09. The lowest BCUT2D eigenvalue weighted by molar-refractivity contribution is -0.123. The lowest BCUT2D eigenvalue weighted by Crippen LogP contribution is -2.42. The molecule has 0 saturated heterocycles. The molecule has 0 rings (SSSR count). The molecular formula is C9H19N3O2. The molecule has 5 nitrogen and oxygen atoms in total. The summed E-state index contributed by atoms with van der Waals surface area (Å²) in [7, 11) is 1.59. The number of hydrogen-bond donors (Lipinski definition) is 3. The van der Waals surface area contributed by atoms with Crippen molar-refractivity contribution in [2.24, 2.45) is 0 Å². The summed E-state index contributed by atoms with van der Waals surface area (Å²) in [6, 6.07) is -0.255. The van der Waals surface area contributed by atoms with E-state index in [9.17, 15) is 9.59 Å². The summed E-state index contributed by atoms with van der Waals surface area (Å²) in [6.45, 7) is 4.79. The Balaban J connectivity index is 3.53. The van der Waals surface area contributed by atoms with Gasteiger partial charge < -0.3 is 16.0 Å². The number of carbonyl (C=O) groups is 2. The summed E-state index contributed by atoms with van der Waals surface area (Å²) in [5.74, 6) is -0.0648. The second-order valence-corrected chi connectivity index (χ2v) is 2.99. The number of hydrogen-bond acceptors (Lipinski definition) is 3. The fourth-order valence-corrected chi connectivity index (χ4v) is 0.997. The Morgan fingerprint density at radius 2 is 2.00 bits per heavy atom. The van der Waals surface area contributed by atoms with E-state index in [1.54, 1.807) is 14.0 Å². The van der Waals surface area contributed by atoms with Crippen LogP contribution in [0.25, 0.3) is 0 Å². The zero-order valence-electron chi connectivity index (χ0n) is 9.02. The Hall–Kier alpha value is -1.10. The topological polar surface area (TPSA) is 70.2 Å². The molecule has 0 aliphatic rings. The second kappa shape index (κ2) is 7.32. The number of carbonyl (C=O) groups excluding carboxylic acids is 2. The van der Waals surface area contributed by atoms with E-state index in [1.165, 1.54) is 0 Å². The van der Waals surface area contributed by atoms with E-state index >= 15 is 0 Å². The van der Waals surface area contributed by atoms with E-state index in [0.29, 0.717) is 19.5 Å². The van der Waals surface area contributed by atoms with Crippen LogP contribution in [0.4, 0.5) is 0 Å². The van der Waals surface area contributed by atoms with Crippen molar-refractivity contribution >= 4 is 11.8 Å². The molecule has 14 heavy (non-hydrogen) atoms. The minimum Gasteiger partial charge on any atom is -0.358 e. The fourth-order valence-electron chi connectivity index (χ4n) is 0.997. The molecule has 0 aromatic carbocycles. The predicted molar refractivity (Wildman–Crippen MR) is 54.8 cm³/mol. The van der Waals surface area contributed by atoms with Crippen molar-refractivity contribution in [3.05, 3.63) is 0 Å². The van der Waals surface area contributed by atoms with E-state index in [1.807, 2.05) is 6.92 Å². The third-order valence-corrected chi connectivity index (χ3v) is 1.82. The molecule has 1 atom stereocenters. The van der Waals surface area contributed by atoms with Crippen LogP contribution in [-0.2, 0) is 9.59 Å². The molecule has 5 heteroatoms. The maximum Gasteiger partial charge on any atom is 0.236 e. The quantitative estimate of drug-likeness (QED) is 0.529. The van der Waals surface area contributed by atoms with Crippen molar-refractivity contribution in [3.63, 3.8) is 0 Å². The Bertz CT molecular complexity index is 194. The van der Waals surface area contributed by atoms with Crippen LogP contribution >= 0.6 is 0 Å². The number of amides is 2. The Morgan fingerprint density at radius 1 is 1.36 bits per heavy atom. The monoisotopic (exact) mass is 201 g/mol. The highest BCUT2D eigenvalue weighted by molar-refractivity contribution is 5.81. The Kier molecular flexibility index (Phi) is 6.74. The maximum absolute atomic E-state index is 11.0. The molecule has 2 amide bonds. The number of likely N-dealkylation sites (N-methyl/N-ethyl adjacent to an activating group) is 1. The molecule has 0 spiro atoms. The minimum absolute atomic E-state index is 0.00380. The molecule has 0 aromatic heterocycles. The van der Waals surface area contributed by atoms with Crippen molar-refractivity contribution in [3.8, 4) is 0 Å². The Labute approximate surface area is 84.6 Å². The standard InChI is InChI=1S/C9H19N3O2/c1-4-11-8(13)5-6-12-7(2)9(14)10-3/h7,12H,4-6H2,1-3H3,(H,10,14)(H,11,13). The van der Waals surface area contributed by atoms with Gasteiger partial charge in [0.25, 0.3) is 0 Å². The molecule has 1 unspecified atom stereocenters. The first-order valence-corrected chi connectivity index (χ1v) is 4.83. The molecule has 0 aliphatic carbocycles. The third-order valence-electron chi connectivity index (χ3n) is 1.82. The number of rotatable bonds is 6. The average Bonchev–Trinajstić information content (AvgIpc) is 2.16. The van der Waals surface area contributed by atoms with Gasteiger partial charge >= 0.3 is 0 Å². The summed E-state index contributed by atoms with van der Waals surface area (Å²) in [5, 5.41) is 8.16.